The first-order chi connectivity index (χ1) is 6.58. The molecule has 2 unspecified atom stereocenters. The Balaban J connectivity index is 2.53. The molecule has 0 amide bonds. The molecule has 0 radical (unpaired) electrons. The first-order valence-corrected chi connectivity index (χ1v) is 5.45. The van der Waals surface area contributed by atoms with Crippen molar-refractivity contribution in [2.24, 2.45) is 11.3 Å². The van der Waals surface area contributed by atoms with Crippen molar-refractivity contribution >= 4 is 0 Å². The van der Waals surface area contributed by atoms with E-state index in [1.54, 1.807) is 7.11 Å². The molecule has 1 aliphatic rings. The fourth-order valence-corrected chi connectivity index (χ4v) is 2.02. The Labute approximate surface area is 87.8 Å². The molecule has 0 heterocycles. The second-order valence-electron chi connectivity index (χ2n) is 4.63. The van der Waals surface area contributed by atoms with Crippen LogP contribution in [0.2, 0.25) is 0 Å². The Morgan fingerprint density at radius 3 is 2.79 bits per heavy atom. The van der Waals surface area contributed by atoms with Gasteiger partial charge < -0.3 is 4.74 Å². The summed E-state index contributed by atoms with van der Waals surface area (Å²) in [7, 11) is 1.77. The van der Waals surface area contributed by atoms with Crippen molar-refractivity contribution in [3.63, 3.8) is 0 Å². The Bertz CT molecular complexity index is 240. The Kier molecular flexibility index (Phi) is 3.94. The van der Waals surface area contributed by atoms with Crippen LogP contribution in [0.1, 0.15) is 33.6 Å². The molecule has 0 N–H and O–H groups in total. The first kappa shape index (κ1) is 11.5. The number of allylic oxidation sites excluding steroid dienone is 4. The molecule has 1 heteroatoms. The molecule has 1 aliphatic carbocycles. The predicted octanol–water partition coefficient (Wildman–Crippen LogP) is 3.57. The summed E-state index contributed by atoms with van der Waals surface area (Å²) in [5.41, 5.74) is 1.72. The van der Waals surface area contributed by atoms with Crippen LogP contribution < -0.4 is 0 Å². The third kappa shape index (κ3) is 2.71. The summed E-state index contributed by atoms with van der Waals surface area (Å²) in [5, 5.41) is 0. The van der Waals surface area contributed by atoms with E-state index < -0.39 is 0 Å². The highest BCUT2D eigenvalue weighted by molar-refractivity contribution is 5.26. The van der Waals surface area contributed by atoms with Crippen molar-refractivity contribution in [1.82, 2.24) is 0 Å². The zero-order chi connectivity index (χ0) is 10.6. The van der Waals surface area contributed by atoms with Crippen molar-refractivity contribution in [2.75, 3.05) is 13.7 Å². The molecule has 80 valence electrons. The van der Waals surface area contributed by atoms with Crippen LogP contribution in [0.4, 0.5) is 0 Å². The van der Waals surface area contributed by atoms with Gasteiger partial charge in [0.25, 0.3) is 0 Å². The molecule has 0 spiro atoms. The molecular weight excluding hydrogens is 172 g/mol. The summed E-state index contributed by atoms with van der Waals surface area (Å²) in [4.78, 5) is 0. The second-order valence-corrected chi connectivity index (χ2v) is 4.63. The van der Waals surface area contributed by atoms with Gasteiger partial charge in [-0.2, -0.15) is 0 Å². The lowest BCUT2D eigenvalue weighted by atomic mass is 9.71. The van der Waals surface area contributed by atoms with E-state index in [0.29, 0.717) is 11.3 Å². The SMILES string of the molecule is COCCCC1(C)C=CC(C)=CC1C. The number of hydrogen-bond acceptors (Lipinski definition) is 1. The van der Waals surface area contributed by atoms with Gasteiger partial charge in [-0.1, -0.05) is 37.6 Å². The molecule has 0 aromatic heterocycles. The molecule has 1 rings (SSSR count). The first-order valence-electron chi connectivity index (χ1n) is 5.45. The normalized spacial score (nSPS) is 31.7. The van der Waals surface area contributed by atoms with Gasteiger partial charge in [-0.3, -0.25) is 0 Å². The predicted molar refractivity (Wildman–Crippen MR) is 61.3 cm³/mol. The van der Waals surface area contributed by atoms with E-state index in [-0.39, 0.29) is 0 Å². The van der Waals surface area contributed by atoms with Crippen molar-refractivity contribution in [3.8, 4) is 0 Å². The molecule has 0 aromatic carbocycles. The third-order valence-corrected chi connectivity index (χ3v) is 3.34. The second kappa shape index (κ2) is 4.79. The van der Waals surface area contributed by atoms with E-state index in [0.717, 1.165) is 13.0 Å². The van der Waals surface area contributed by atoms with Crippen LogP contribution in [0.15, 0.2) is 23.8 Å². The van der Waals surface area contributed by atoms with Crippen molar-refractivity contribution in [2.45, 2.75) is 33.6 Å². The monoisotopic (exact) mass is 194 g/mol. The summed E-state index contributed by atoms with van der Waals surface area (Å²) in [6.07, 6.45) is 9.33. The molecule has 0 fully saturated rings. The van der Waals surface area contributed by atoms with Crippen LogP contribution in [-0.2, 0) is 4.74 Å². The summed E-state index contributed by atoms with van der Waals surface area (Å²) >= 11 is 0. The maximum absolute atomic E-state index is 5.09. The zero-order valence-corrected chi connectivity index (χ0v) is 9.84. The molecule has 0 aliphatic heterocycles. The quantitative estimate of drug-likeness (QED) is 0.622. The van der Waals surface area contributed by atoms with Crippen LogP contribution in [0.25, 0.3) is 0 Å². The van der Waals surface area contributed by atoms with Gasteiger partial charge in [0, 0.05) is 13.7 Å². The minimum Gasteiger partial charge on any atom is -0.385 e. The summed E-state index contributed by atoms with van der Waals surface area (Å²) in [5.74, 6) is 0.643. The van der Waals surface area contributed by atoms with E-state index in [2.05, 4.69) is 39.0 Å². The number of methoxy groups -OCH3 is 1. The van der Waals surface area contributed by atoms with Gasteiger partial charge in [0.1, 0.15) is 0 Å². The highest BCUT2D eigenvalue weighted by Crippen LogP contribution is 2.38. The van der Waals surface area contributed by atoms with Crippen LogP contribution >= 0.6 is 0 Å². The fourth-order valence-electron chi connectivity index (χ4n) is 2.02. The molecule has 2 atom stereocenters. The number of hydrogen-bond donors (Lipinski definition) is 0. The zero-order valence-electron chi connectivity index (χ0n) is 9.84. The van der Waals surface area contributed by atoms with E-state index in [4.69, 9.17) is 4.74 Å². The molecule has 14 heavy (non-hydrogen) atoms. The van der Waals surface area contributed by atoms with E-state index >= 15 is 0 Å². The van der Waals surface area contributed by atoms with E-state index in [9.17, 15) is 0 Å². The van der Waals surface area contributed by atoms with Crippen molar-refractivity contribution < 1.29 is 4.74 Å². The minimum absolute atomic E-state index is 0.331. The summed E-state index contributed by atoms with van der Waals surface area (Å²) < 4.78 is 5.09. The van der Waals surface area contributed by atoms with Crippen LogP contribution in [-0.4, -0.2) is 13.7 Å². The van der Waals surface area contributed by atoms with Gasteiger partial charge in [-0.05, 0) is 31.1 Å². The van der Waals surface area contributed by atoms with Gasteiger partial charge >= 0.3 is 0 Å². The minimum atomic E-state index is 0.331. The summed E-state index contributed by atoms with van der Waals surface area (Å²) in [6, 6.07) is 0. The van der Waals surface area contributed by atoms with Gasteiger partial charge in [-0.15, -0.1) is 0 Å². The van der Waals surface area contributed by atoms with Crippen LogP contribution in [0.3, 0.4) is 0 Å². The van der Waals surface area contributed by atoms with Gasteiger partial charge in [0.15, 0.2) is 0 Å². The maximum atomic E-state index is 5.09. The number of rotatable bonds is 4. The third-order valence-electron chi connectivity index (χ3n) is 3.34. The fraction of sp³-hybridized carbons (Fsp3) is 0.692. The Morgan fingerprint density at radius 2 is 2.21 bits per heavy atom. The van der Waals surface area contributed by atoms with Crippen LogP contribution in [0, 0.1) is 11.3 Å². The lowest BCUT2D eigenvalue weighted by Gasteiger charge is -2.34. The molecule has 0 saturated carbocycles. The van der Waals surface area contributed by atoms with Gasteiger partial charge in [0.05, 0.1) is 0 Å². The molecule has 0 saturated heterocycles. The lowest BCUT2D eigenvalue weighted by Crippen LogP contribution is -2.24. The van der Waals surface area contributed by atoms with E-state index in [1.165, 1.54) is 12.0 Å². The summed E-state index contributed by atoms with van der Waals surface area (Å²) in [6.45, 7) is 7.69. The molecule has 0 aromatic rings. The van der Waals surface area contributed by atoms with E-state index in [1.807, 2.05) is 0 Å². The highest BCUT2D eigenvalue weighted by Gasteiger charge is 2.28. The molecule has 1 nitrogen and oxygen atoms in total. The largest absolute Gasteiger partial charge is 0.385 e. The molecule has 0 bridgehead atoms. The smallest absolute Gasteiger partial charge is 0.0462 e. The van der Waals surface area contributed by atoms with Gasteiger partial charge in [0.2, 0.25) is 0 Å². The van der Waals surface area contributed by atoms with Crippen molar-refractivity contribution in [3.05, 3.63) is 23.8 Å². The Hall–Kier alpha value is -0.560. The lowest BCUT2D eigenvalue weighted by molar-refractivity contribution is 0.172. The standard InChI is InChI=1S/C13H22O/c1-11-6-8-13(3,12(2)10-11)7-5-9-14-4/h6,8,10,12H,5,7,9H2,1-4H3. The number of ether oxygens (including phenoxy) is 1. The highest BCUT2D eigenvalue weighted by atomic mass is 16.5. The van der Waals surface area contributed by atoms with Gasteiger partial charge in [-0.25, -0.2) is 0 Å². The average molecular weight is 194 g/mol. The molecular formula is C13H22O. The average Bonchev–Trinajstić information content (AvgIpc) is 2.13. The maximum Gasteiger partial charge on any atom is 0.0462 e. The Morgan fingerprint density at radius 1 is 1.50 bits per heavy atom. The van der Waals surface area contributed by atoms with Crippen molar-refractivity contribution in [1.29, 1.82) is 0 Å². The van der Waals surface area contributed by atoms with Crippen LogP contribution in [0.5, 0.6) is 0 Å². The topological polar surface area (TPSA) is 9.23 Å².